The number of carbonyl (C=O) groups is 1. The lowest BCUT2D eigenvalue weighted by molar-refractivity contribution is -0.149. The number of rotatable bonds is 5. The fraction of sp³-hybridized carbons (Fsp3) is 0.909. The Hall–Kier alpha value is -0.610. The predicted molar refractivity (Wildman–Crippen MR) is 57.7 cm³/mol. The summed E-state index contributed by atoms with van der Waals surface area (Å²) < 4.78 is 0. The average Bonchev–Trinajstić information content (AvgIpc) is 2.21. The molecule has 0 aromatic heterocycles. The quantitative estimate of drug-likeness (QED) is 0.598. The number of hydrogen-bond acceptors (Lipinski definition) is 3. The van der Waals surface area contributed by atoms with E-state index in [1.54, 1.807) is 0 Å². The van der Waals surface area contributed by atoms with Crippen LogP contribution in [0.25, 0.3) is 0 Å². The number of carboxylic acids is 1. The molecule has 0 bridgehead atoms. The van der Waals surface area contributed by atoms with Gasteiger partial charge in [0.2, 0.25) is 0 Å². The van der Waals surface area contributed by atoms with E-state index in [0.29, 0.717) is 19.4 Å². The van der Waals surface area contributed by atoms with Gasteiger partial charge in [0.05, 0.1) is 0 Å². The van der Waals surface area contributed by atoms with Gasteiger partial charge in [0, 0.05) is 6.61 Å². The molecule has 1 fully saturated rings. The van der Waals surface area contributed by atoms with E-state index in [1.165, 1.54) is 0 Å². The molecule has 3 N–H and O–H groups in total. The molecule has 0 aromatic rings. The number of hydrogen-bond donors (Lipinski definition) is 3. The van der Waals surface area contributed by atoms with Gasteiger partial charge in [-0.1, -0.05) is 19.8 Å². The number of aliphatic carboxylic acids is 1. The van der Waals surface area contributed by atoms with Crippen molar-refractivity contribution < 1.29 is 15.0 Å². The van der Waals surface area contributed by atoms with E-state index in [0.717, 1.165) is 19.3 Å². The second-order valence-corrected chi connectivity index (χ2v) is 4.43. The first-order valence-electron chi connectivity index (χ1n) is 5.73. The first kappa shape index (κ1) is 12.5. The normalized spacial score (nSPS) is 31.5. The molecule has 1 aliphatic carbocycles. The highest BCUT2D eigenvalue weighted by Crippen LogP contribution is 2.33. The van der Waals surface area contributed by atoms with Gasteiger partial charge in [-0.05, 0) is 31.7 Å². The third-order valence-corrected chi connectivity index (χ3v) is 3.46. The lowest BCUT2D eigenvalue weighted by atomic mass is 9.73. The van der Waals surface area contributed by atoms with Gasteiger partial charge in [0.15, 0.2) is 0 Å². The van der Waals surface area contributed by atoms with Crippen molar-refractivity contribution >= 4 is 5.97 Å². The highest BCUT2D eigenvalue weighted by molar-refractivity contribution is 5.79. The minimum Gasteiger partial charge on any atom is -0.480 e. The highest BCUT2D eigenvalue weighted by Gasteiger charge is 2.44. The zero-order valence-corrected chi connectivity index (χ0v) is 9.33. The molecule has 4 heteroatoms. The van der Waals surface area contributed by atoms with E-state index in [1.807, 2.05) is 6.92 Å². The number of aliphatic hydroxyl groups is 1. The monoisotopic (exact) mass is 215 g/mol. The van der Waals surface area contributed by atoms with E-state index < -0.39 is 11.5 Å². The van der Waals surface area contributed by atoms with Crippen molar-refractivity contribution in [3.63, 3.8) is 0 Å². The van der Waals surface area contributed by atoms with Gasteiger partial charge in [0.25, 0.3) is 0 Å². The van der Waals surface area contributed by atoms with Crippen LogP contribution in [-0.4, -0.2) is 34.9 Å². The molecule has 1 rings (SSSR count). The van der Waals surface area contributed by atoms with Crippen LogP contribution in [0.3, 0.4) is 0 Å². The van der Waals surface area contributed by atoms with Crippen molar-refractivity contribution in [1.82, 2.24) is 5.32 Å². The molecule has 0 aliphatic heterocycles. The second kappa shape index (κ2) is 5.47. The summed E-state index contributed by atoms with van der Waals surface area (Å²) in [6.07, 6.45) is 4.38. The van der Waals surface area contributed by atoms with Crippen LogP contribution in [0, 0.1) is 5.92 Å². The Morgan fingerprint density at radius 2 is 2.27 bits per heavy atom. The van der Waals surface area contributed by atoms with Gasteiger partial charge >= 0.3 is 5.97 Å². The Kier molecular flexibility index (Phi) is 4.54. The maximum atomic E-state index is 11.4. The Morgan fingerprint density at radius 3 is 2.80 bits per heavy atom. The van der Waals surface area contributed by atoms with E-state index in [9.17, 15) is 9.90 Å². The van der Waals surface area contributed by atoms with Gasteiger partial charge in [-0.2, -0.15) is 0 Å². The molecule has 4 nitrogen and oxygen atoms in total. The van der Waals surface area contributed by atoms with Crippen molar-refractivity contribution in [2.75, 3.05) is 13.2 Å². The molecule has 2 atom stereocenters. The van der Waals surface area contributed by atoms with Gasteiger partial charge in [-0.15, -0.1) is 0 Å². The summed E-state index contributed by atoms with van der Waals surface area (Å²) in [5.74, 6) is -0.574. The molecule has 0 amide bonds. The van der Waals surface area contributed by atoms with E-state index in [2.05, 4.69) is 5.32 Å². The molecular formula is C11H21NO3. The Balaban J connectivity index is 2.63. The fourth-order valence-corrected chi connectivity index (χ4v) is 2.39. The smallest absolute Gasteiger partial charge is 0.324 e. The Bertz CT molecular complexity index is 220. The van der Waals surface area contributed by atoms with Gasteiger partial charge in [-0.3, -0.25) is 4.79 Å². The van der Waals surface area contributed by atoms with Gasteiger partial charge in [-0.25, -0.2) is 0 Å². The van der Waals surface area contributed by atoms with Crippen LogP contribution in [-0.2, 0) is 4.79 Å². The van der Waals surface area contributed by atoms with Gasteiger partial charge < -0.3 is 15.5 Å². The molecule has 0 aromatic carbocycles. The van der Waals surface area contributed by atoms with Crippen molar-refractivity contribution in [2.24, 2.45) is 5.92 Å². The molecule has 0 radical (unpaired) electrons. The summed E-state index contributed by atoms with van der Waals surface area (Å²) in [6.45, 7) is 2.68. The molecule has 1 aliphatic rings. The first-order valence-corrected chi connectivity index (χ1v) is 5.73. The molecule has 2 unspecified atom stereocenters. The highest BCUT2D eigenvalue weighted by atomic mass is 16.4. The third-order valence-electron chi connectivity index (χ3n) is 3.46. The lowest BCUT2D eigenvalue weighted by Gasteiger charge is -2.39. The van der Waals surface area contributed by atoms with Gasteiger partial charge in [0.1, 0.15) is 5.54 Å². The molecule has 0 spiro atoms. The molecule has 88 valence electrons. The third kappa shape index (κ3) is 2.69. The summed E-state index contributed by atoms with van der Waals surface area (Å²) in [5.41, 5.74) is -0.757. The largest absolute Gasteiger partial charge is 0.480 e. The topological polar surface area (TPSA) is 69.6 Å². The predicted octanol–water partition coefficient (Wildman–Crippen LogP) is 0.992. The van der Waals surface area contributed by atoms with Crippen LogP contribution < -0.4 is 5.32 Å². The molecule has 0 heterocycles. The first-order chi connectivity index (χ1) is 7.13. The second-order valence-electron chi connectivity index (χ2n) is 4.43. The maximum Gasteiger partial charge on any atom is 0.324 e. The van der Waals surface area contributed by atoms with Crippen LogP contribution in [0.15, 0.2) is 0 Å². The molecule has 0 saturated heterocycles. The summed E-state index contributed by atoms with van der Waals surface area (Å²) >= 11 is 0. The van der Waals surface area contributed by atoms with Crippen molar-refractivity contribution in [3.05, 3.63) is 0 Å². The molecule has 1 saturated carbocycles. The summed E-state index contributed by atoms with van der Waals surface area (Å²) in [5, 5.41) is 21.2. The van der Waals surface area contributed by atoms with Crippen LogP contribution in [0.2, 0.25) is 0 Å². The van der Waals surface area contributed by atoms with Crippen molar-refractivity contribution in [1.29, 1.82) is 0 Å². The van der Waals surface area contributed by atoms with Crippen molar-refractivity contribution in [2.45, 2.75) is 44.6 Å². The van der Waals surface area contributed by atoms with E-state index in [-0.39, 0.29) is 12.5 Å². The summed E-state index contributed by atoms with van der Waals surface area (Å²) in [4.78, 5) is 11.4. The average molecular weight is 215 g/mol. The fourth-order valence-electron chi connectivity index (χ4n) is 2.39. The standard InChI is InChI=1S/C11H21NO3/c1-9-5-2-3-6-11(9,10(14)15)12-7-4-8-13/h9,12-13H,2-8H2,1H3,(H,14,15). The van der Waals surface area contributed by atoms with E-state index in [4.69, 9.17) is 5.11 Å². The van der Waals surface area contributed by atoms with Crippen molar-refractivity contribution in [3.8, 4) is 0 Å². The SMILES string of the molecule is CC1CCCCC1(NCCCO)C(=O)O. The van der Waals surface area contributed by atoms with Crippen LogP contribution in [0.5, 0.6) is 0 Å². The Morgan fingerprint density at radius 1 is 1.53 bits per heavy atom. The number of aliphatic hydroxyl groups excluding tert-OH is 1. The number of nitrogens with one attached hydrogen (secondary N) is 1. The van der Waals surface area contributed by atoms with Crippen LogP contribution >= 0.6 is 0 Å². The molecule has 15 heavy (non-hydrogen) atoms. The summed E-state index contributed by atoms with van der Waals surface area (Å²) in [7, 11) is 0. The van der Waals surface area contributed by atoms with Crippen LogP contribution in [0.4, 0.5) is 0 Å². The Labute approximate surface area is 90.7 Å². The van der Waals surface area contributed by atoms with E-state index >= 15 is 0 Å². The minimum absolute atomic E-state index is 0.108. The van der Waals surface area contributed by atoms with Crippen LogP contribution in [0.1, 0.15) is 39.0 Å². The zero-order valence-electron chi connectivity index (χ0n) is 9.33. The minimum atomic E-state index is -0.757. The summed E-state index contributed by atoms with van der Waals surface area (Å²) in [6, 6.07) is 0. The molecular weight excluding hydrogens is 194 g/mol. The lowest BCUT2D eigenvalue weighted by Crippen LogP contribution is -2.58. The maximum absolute atomic E-state index is 11.4. The zero-order chi connectivity index (χ0) is 11.3. The number of carboxylic acid groups (broad SMARTS) is 1.